The Balaban J connectivity index is 1.81. The number of hydrazone groups is 1. The monoisotopic (exact) mass is 282 g/mol. The summed E-state index contributed by atoms with van der Waals surface area (Å²) >= 11 is 0. The van der Waals surface area contributed by atoms with Gasteiger partial charge in [0.1, 0.15) is 17.7 Å². The summed E-state index contributed by atoms with van der Waals surface area (Å²) in [4.78, 5) is 4.05. The van der Waals surface area contributed by atoms with E-state index in [1.54, 1.807) is 43.2 Å². The molecule has 0 fully saturated rings. The average Bonchev–Trinajstić information content (AvgIpc) is 3.18. The van der Waals surface area contributed by atoms with Crippen molar-refractivity contribution in [3.8, 4) is 5.75 Å². The molecule has 0 amide bonds. The summed E-state index contributed by atoms with van der Waals surface area (Å²) in [5.41, 5.74) is 3.99. The predicted molar refractivity (Wildman–Crippen MR) is 77.9 cm³/mol. The molecule has 0 saturated heterocycles. The van der Waals surface area contributed by atoms with E-state index in [4.69, 9.17) is 4.42 Å². The molecule has 6 nitrogen and oxygen atoms in total. The first kappa shape index (κ1) is 13.0. The third-order valence-electron chi connectivity index (χ3n) is 2.96. The van der Waals surface area contributed by atoms with Gasteiger partial charge in [0.25, 0.3) is 0 Å². The highest BCUT2D eigenvalue weighted by Crippen LogP contribution is 2.18. The molecule has 3 aromatic rings. The molecule has 0 saturated carbocycles. The SMILES string of the molecule is Oc1ccc(C(NN=Cc2ccco2)n2ccnc2)cc1. The van der Waals surface area contributed by atoms with Gasteiger partial charge in [0, 0.05) is 12.4 Å². The Bertz CT molecular complexity index is 688. The summed E-state index contributed by atoms with van der Waals surface area (Å²) in [5.74, 6) is 0.889. The molecule has 106 valence electrons. The minimum atomic E-state index is -0.223. The maximum Gasteiger partial charge on any atom is 0.146 e. The zero-order chi connectivity index (χ0) is 14.5. The van der Waals surface area contributed by atoms with Crippen LogP contribution in [-0.2, 0) is 0 Å². The van der Waals surface area contributed by atoms with Gasteiger partial charge in [-0.3, -0.25) is 5.43 Å². The number of aromatic hydroxyl groups is 1. The molecule has 1 aromatic carbocycles. The second-order valence-electron chi connectivity index (χ2n) is 4.41. The highest BCUT2D eigenvalue weighted by atomic mass is 16.3. The van der Waals surface area contributed by atoms with Crippen LogP contribution in [-0.4, -0.2) is 20.9 Å². The molecule has 0 spiro atoms. The van der Waals surface area contributed by atoms with Crippen molar-refractivity contribution in [2.75, 3.05) is 0 Å². The molecule has 0 aliphatic carbocycles. The third kappa shape index (κ3) is 3.11. The van der Waals surface area contributed by atoms with Crippen LogP contribution in [0, 0.1) is 0 Å². The normalized spacial score (nSPS) is 12.6. The minimum Gasteiger partial charge on any atom is -0.508 e. The van der Waals surface area contributed by atoms with E-state index in [-0.39, 0.29) is 11.9 Å². The maximum atomic E-state index is 9.39. The lowest BCUT2D eigenvalue weighted by Crippen LogP contribution is -2.22. The molecule has 0 radical (unpaired) electrons. The molecule has 2 heterocycles. The quantitative estimate of drug-likeness (QED) is 0.556. The van der Waals surface area contributed by atoms with Gasteiger partial charge in [-0.1, -0.05) is 12.1 Å². The van der Waals surface area contributed by atoms with E-state index in [0.717, 1.165) is 5.56 Å². The topological polar surface area (TPSA) is 75.6 Å². The average molecular weight is 282 g/mol. The fourth-order valence-corrected chi connectivity index (χ4v) is 1.93. The Labute approximate surface area is 121 Å². The zero-order valence-electron chi connectivity index (χ0n) is 11.1. The smallest absolute Gasteiger partial charge is 0.146 e. The molecule has 0 aliphatic rings. The number of benzene rings is 1. The number of imidazole rings is 1. The highest BCUT2D eigenvalue weighted by molar-refractivity contribution is 5.75. The molecule has 6 heteroatoms. The number of aromatic nitrogens is 2. The lowest BCUT2D eigenvalue weighted by Gasteiger charge is -2.18. The van der Waals surface area contributed by atoms with Gasteiger partial charge in [0.2, 0.25) is 0 Å². The van der Waals surface area contributed by atoms with Crippen molar-refractivity contribution in [1.82, 2.24) is 15.0 Å². The van der Waals surface area contributed by atoms with Crippen molar-refractivity contribution in [1.29, 1.82) is 0 Å². The standard InChI is InChI=1S/C15H14N4O2/c20-13-5-3-12(4-6-13)15(19-8-7-16-11-19)18-17-10-14-2-1-9-21-14/h1-11,15,18,20H. The first-order chi connectivity index (χ1) is 10.3. The van der Waals surface area contributed by atoms with Crippen molar-refractivity contribution < 1.29 is 9.52 Å². The lowest BCUT2D eigenvalue weighted by atomic mass is 10.1. The van der Waals surface area contributed by atoms with Crippen LogP contribution in [0.4, 0.5) is 0 Å². The van der Waals surface area contributed by atoms with Gasteiger partial charge in [0.15, 0.2) is 0 Å². The van der Waals surface area contributed by atoms with Crippen LogP contribution in [0.3, 0.4) is 0 Å². The van der Waals surface area contributed by atoms with E-state index in [1.165, 1.54) is 0 Å². The van der Waals surface area contributed by atoms with E-state index in [9.17, 15) is 5.11 Å². The van der Waals surface area contributed by atoms with Gasteiger partial charge in [-0.25, -0.2) is 4.98 Å². The highest BCUT2D eigenvalue weighted by Gasteiger charge is 2.11. The number of hydrogen-bond acceptors (Lipinski definition) is 5. The van der Waals surface area contributed by atoms with Gasteiger partial charge in [0.05, 0.1) is 18.8 Å². The van der Waals surface area contributed by atoms with Crippen molar-refractivity contribution in [2.45, 2.75) is 6.17 Å². The van der Waals surface area contributed by atoms with Gasteiger partial charge >= 0.3 is 0 Å². The third-order valence-corrected chi connectivity index (χ3v) is 2.96. The Morgan fingerprint density at radius 3 is 2.81 bits per heavy atom. The van der Waals surface area contributed by atoms with Crippen LogP contribution >= 0.6 is 0 Å². The number of phenols is 1. The number of hydrogen-bond donors (Lipinski definition) is 2. The number of phenolic OH excluding ortho intramolecular Hbond substituents is 1. The molecule has 3 rings (SSSR count). The first-order valence-electron chi connectivity index (χ1n) is 6.41. The van der Waals surface area contributed by atoms with Gasteiger partial charge in [-0.15, -0.1) is 0 Å². The molecular weight excluding hydrogens is 268 g/mol. The summed E-state index contributed by atoms with van der Waals surface area (Å²) in [6, 6.07) is 10.5. The van der Waals surface area contributed by atoms with Crippen molar-refractivity contribution >= 4 is 6.21 Å². The lowest BCUT2D eigenvalue weighted by molar-refractivity contribution is 0.468. The molecule has 0 bridgehead atoms. The Morgan fingerprint density at radius 2 is 2.14 bits per heavy atom. The second-order valence-corrected chi connectivity index (χ2v) is 4.41. The van der Waals surface area contributed by atoms with Gasteiger partial charge < -0.3 is 14.1 Å². The Hall–Kier alpha value is -3.02. The van der Waals surface area contributed by atoms with Crippen molar-refractivity contribution in [3.05, 3.63) is 72.7 Å². The van der Waals surface area contributed by atoms with Gasteiger partial charge in [-0.2, -0.15) is 5.10 Å². The van der Waals surface area contributed by atoms with Crippen LogP contribution in [0.5, 0.6) is 5.75 Å². The fourth-order valence-electron chi connectivity index (χ4n) is 1.93. The molecule has 1 unspecified atom stereocenters. The predicted octanol–water partition coefficient (Wildman–Crippen LogP) is 2.35. The summed E-state index contributed by atoms with van der Waals surface area (Å²) < 4.78 is 7.07. The van der Waals surface area contributed by atoms with Crippen LogP contribution in [0.15, 0.2) is 70.9 Å². The summed E-state index contributed by atoms with van der Waals surface area (Å²) in [5, 5.41) is 13.6. The minimum absolute atomic E-state index is 0.223. The maximum absolute atomic E-state index is 9.39. The summed E-state index contributed by atoms with van der Waals surface area (Å²) in [6.07, 6.45) is 8.21. The number of nitrogens with zero attached hydrogens (tertiary/aromatic N) is 3. The number of rotatable bonds is 5. The fraction of sp³-hybridized carbons (Fsp3) is 0.0667. The zero-order valence-corrected chi connectivity index (χ0v) is 11.1. The molecule has 21 heavy (non-hydrogen) atoms. The van der Waals surface area contributed by atoms with Crippen LogP contribution in [0.1, 0.15) is 17.5 Å². The molecule has 1 atom stereocenters. The Morgan fingerprint density at radius 1 is 1.29 bits per heavy atom. The van der Waals surface area contributed by atoms with E-state index in [1.807, 2.05) is 29.0 Å². The molecule has 0 aliphatic heterocycles. The van der Waals surface area contributed by atoms with Crippen molar-refractivity contribution in [3.63, 3.8) is 0 Å². The first-order valence-corrected chi connectivity index (χ1v) is 6.41. The largest absolute Gasteiger partial charge is 0.508 e. The second kappa shape index (κ2) is 5.96. The number of furan rings is 1. The molecule has 2 aromatic heterocycles. The molecule has 2 N–H and O–H groups in total. The van der Waals surface area contributed by atoms with Crippen LogP contribution in [0.2, 0.25) is 0 Å². The van der Waals surface area contributed by atoms with E-state index < -0.39 is 0 Å². The van der Waals surface area contributed by atoms with Crippen LogP contribution < -0.4 is 5.43 Å². The molecular formula is C15H14N4O2. The number of nitrogens with one attached hydrogen (secondary N) is 1. The van der Waals surface area contributed by atoms with E-state index in [0.29, 0.717) is 5.76 Å². The van der Waals surface area contributed by atoms with E-state index in [2.05, 4.69) is 15.5 Å². The summed E-state index contributed by atoms with van der Waals surface area (Å²) in [7, 11) is 0. The van der Waals surface area contributed by atoms with E-state index >= 15 is 0 Å². The Kier molecular flexibility index (Phi) is 3.68. The van der Waals surface area contributed by atoms with Crippen molar-refractivity contribution in [2.24, 2.45) is 5.10 Å². The van der Waals surface area contributed by atoms with Gasteiger partial charge in [-0.05, 0) is 29.8 Å². The van der Waals surface area contributed by atoms with Crippen LogP contribution in [0.25, 0.3) is 0 Å². The summed E-state index contributed by atoms with van der Waals surface area (Å²) in [6.45, 7) is 0.